The highest BCUT2D eigenvalue weighted by molar-refractivity contribution is 7.14. The summed E-state index contributed by atoms with van der Waals surface area (Å²) in [6.07, 6.45) is 1.52. The maximum absolute atomic E-state index is 11.9. The molecule has 0 saturated carbocycles. The molecule has 0 atom stereocenters. The molecule has 3 aromatic rings. The Morgan fingerprint density at radius 2 is 2.18 bits per heavy atom. The minimum Gasteiger partial charge on any atom is -0.454 e. The molecule has 110 valence electrons. The Labute approximate surface area is 128 Å². The van der Waals surface area contributed by atoms with E-state index in [1.807, 2.05) is 23.6 Å². The second kappa shape index (κ2) is 5.15. The fourth-order valence-corrected chi connectivity index (χ4v) is 2.78. The first-order valence-electron chi connectivity index (χ1n) is 6.46. The molecule has 0 fully saturated rings. The fourth-order valence-electron chi connectivity index (χ4n) is 2.07. The van der Waals surface area contributed by atoms with Crippen molar-refractivity contribution in [1.29, 1.82) is 0 Å². The van der Waals surface area contributed by atoms with E-state index >= 15 is 0 Å². The van der Waals surface area contributed by atoms with Crippen LogP contribution in [-0.4, -0.2) is 27.9 Å². The van der Waals surface area contributed by atoms with Crippen molar-refractivity contribution < 1.29 is 14.3 Å². The van der Waals surface area contributed by atoms with E-state index in [-0.39, 0.29) is 12.7 Å². The van der Waals surface area contributed by atoms with Crippen molar-refractivity contribution in [2.45, 2.75) is 0 Å². The largest absolute Gasteiger partial charge is 0.454 e. The van der Waals surface area contributed by atoms with Gasteiger partial charge in [0.25, 0.3) is 5.91 Å². The molecule has 0 bridgehead atoms. The molecule has 0 saturated heterocycles. The van der Waals surface area contributed by atoms with Gasteiger partial charge in [0.2, 0.25) is 6.79 Å². The van der Waals surface area contributed by atoms with Gasteiger partial charge in [-0.05, 0) is 24.3 Å². The van der Waals surface area contributed by atoms with Crippen LogP contribution in [0.15, 0.2) is 35.8 Å². The van der Waals surface area contributed by atoms with Gasteiger partial charge >= 0.3 is 0 Å². The number of fused-ring (bicyclic) bond motifs is 1. The zero-order chi connectivity index (χ0) is 14.9. The molecule has 22 heavy (non-hydrogen) atoms. The molecule has 7 nitrogen and oxygen atoms in total. The summed E-state index contributed by atoms with van der Waals surface area (Å²) in [5, 5.41) is 11.5. The van der Waals surface area contributed by atoms with Gasteiger partial charge in [0.15, 0.2) is 16.6 Å². The van der Waals surface area contributed by atoms with E-state index in [2.05, 4.69) is 20.5 Å². The third kappa shape index (κ3) is 2.29. The number of thiazole rings is 1. The molecule has 2 aromatic heterocycles. The minimum atomic E-state index is -0.274. The summed E-state index contributed by atoms with van der Waals surface area (Å²) in [7, 11) is 0. The van der Waals surface area contributed by atoms with Crippen LogP contribution in [0.1, 0.15) is 10.5 Å². The number of carbonyl (C=O) groups is 1. The standard InChI is InChI=1S/C14H10N4O3S/c19-13(9-3-4-15-18-9)17-14-16-10(6-22-14)8-1-2-11-12(5-8)21-7-20-11/h1-6H,7H2,(H,15,18)(H,16,17,19). The molecular formula is C14H10N4O3S. The van der Waals surface area contributed by atoms with E-state index in [0.29, 0.717) is 16.6 Å². The predicted molar refractivity (Wildman–Crippen MR) is 80.2 cm³/mol. The van der Waals surface area contributed by atoms with Crippen LogP contribution in [0.3, 0.4) is 0 Å². The third-order valence-electron chi connectivity index (χ3n) is 3.14. The molecule has 0 aliphatic carbocycles. The Morgan fingerprint density at radius 3 is 3.05 bits per heavy atom. The monoisotopic (exact) mass is 314 g/mol. The molecule has 8 heteroatoms. The van der Waals surface area contributed by atoms with Gasteiger partial charge in [0, 0.05) is 17.1 Å². The number of carbonyl (C=O) groups excluding carboxylic acids is 1. The summed E-state index contributed by atoms with van der Waals surface area (Å²) in [4.78, 5) is 16.3. The third-order valence-corrected chi connectivity index (χ3v) is 3.90. The van der Waals surface area contributed by atoms with Crippen molar-refractivity contribution in [3.05, 3.63) is 41.5 Å². The summed E-state index contributed by atoms with van der Waals surface area (Å²) < 4.78 is 10.6. The van der Waals surface area contributed by atoms with E-state index < -0.39 is 0 Å². The van der Waals surface area contributed by atoms with Crippen molar-refractivity contribution in [2.24, 2.45) is 0 Å². The number of rotatable bonds is 3. The number of nitrogens with one attached hydrogen (secondary N) is 2. The Balaban J connectivity index is 1.55. The fraction of sp³-hybridized carbons (Fsp3) is 0.0714. The van der Waals surface area contributed by atoms with Crippen LogP contribution >= 0.6 is 11.3 Å². The van der Waals surface area contributed by atoms with E-state index in [1.165, 1.54) is 17.5 Å². The first-order valence-corrected chi connectivity index (χ1v) is 7.34. The zero-order valence-corrected chi connectivity index (χ0v) is 12.0. The van der Waals surface area contributed by atoms with Crippen molar-refractivity contribution in [3.63, 3.8) is 0 Å². The molecular weight excluding hydrogens is 304 g/mol. The van der Waals surface area contributed by atoms with Crippen molar-refractivity contribution >= 4 is 22.4 Å². The van der Waals surface area contributed by atoms with E-state index in [1.54, 1.807) is 6.07 Å². The average Bonchev–Trinajstić information content (AvgIpc) is 3.27. The summed E-state index contributed by atoms with van der Waals surface area (Å²) in [6, 6.07) is 7.22. The Hall–Kier alpha value is -2.87. The Bertz CT molecular complexity index is 828. The number of nitrogens with zero attached hydrogens (tertiary/aromatic N) is 2. The maximum Gasteiger partial charge on any atom is 0.275 e. The van der Waals surface area contributed by atoms with E-state index in [9.17, 15) is 4.79 Å². The zero-order valence-electron chi connectivity index (χ0n) is 11.2. The van der Waals surface area contributed by atoms with Crippen LogP contribution < -0.4 is 14.8 Å². The molecule has 1 aliphatic rings. The molecule has 2 N–H and O–H groups in total. The highest BCUT2D eigenvalue weighted by Gasteiger charge is 2.16. The second-order valence-corrected chi connectivity index (χ2v) is 5.39. The second-order valence-electron chi connectivity index (χ2n) is 4.53. The van der Waals surface area contributed by atoms with E-state index in [0.717, 1.165) is 17.0 Å². The van der Waals surface area contributed by atoms with E-state index in [4.69, 9.17) is 9.47 Å². The lowest BCUT2D eigenvalue weighted by atomic mass is 10.1. The number of hydrogen-bond acceptors (Lipinski definition) is 6. The lowest BCUT2D eigenvalue weighted by Crippen LogP contribution is -2.12. The van der Waals surface area contributed by atoms with Crippen LogP contribution in [0.4, 0.5) is 5.13 Å². The van der Waals surface area contributed by atoms with Crippen molar-refractivity contribution in [1.82, 2.24) is 15.2 Å². The summed E-state index contributed by atoms with van der Waals surface area (Å²) in [5.41, 5.74) is 2.06. The quantitative estimate of drug-likeness (QED) is 0.775. The number of H-pyrrole nitrogens is 1. The smallest absolute Gasteiger partial charge is 0.275 e. The van der Waals surface area contributed by atoms with Crippen LogP contribution in [0.5, 0.6) is 11.5 Å². The number of ether oxygens (including phenoxy) is 2. The van der Waals surface area contributed by atoms with Gasteiger partial charge in [0.1, 0.15) is 5.69 Å². The molecule has 3 heterocycles. The SMILES string of the molecule is O=C(Nc1nc(-c2ccc3c(c2)OCO3)cs1)c1ccn[nH]1. The van der Waals surface area contributed by atoms with Gasteiger partial charge in [-0.1, -0.05) is 0 Å². The first-order chi connectivity index (χ1) is 10.8. The minimum absolute atomic E-state index is 0.237. The number of aromatic nitrogens is 3. The molecule has 1 amide bonds. The predicted octanol–water partition coefficient (Wildman–Crippen LogP) is 2.51. The van der Waals surface area contributed by atoms with Gasteiger partial charge in [-0.3, -0.25) is 15.2 Å². The van der Waals surface area contributed by atoms with Gasteiger partial charge in [-0.25, -0.2) is 4.98 Å². The molecule has 0 radical (unpaired) electrons. The Kier molecular flexibility index (Phi) is 3.01. The summed E-state index contributed by atoms with van der Waals surface area (Å²) >= 11 is 1.35. The molecule has 4 rings (SSSR count). The van der Waals surface area contributed by atoms with Crippen LogP contribution in [0.2, 0.25) is 0 Å². The number of anilines is 1. The highest BCUT2D eigenvalue weighted by Crippen LogP contribution is 2.36. The van der Waals surface area contributed by atoms with Crippen molar-refractivity contribution in [3.8, 4) is 22.8 Å². The topological polar surface area (TPSA) is 89.1 Å². The molecule has 0 unspecified atom stereocenters. The molecule has 0 spiro atoms. The van der Waals surface area contributed by atoms with Crippen LogP contribution in [0.25, 0.3) is 11.3 Å². The average molecular weight is 314 g/mol. The van der Waals surface area contributed by atoms with Gasteiger partial charge in [0.05, 0.1) is 5.69 Å². The first kappa shape index (κ1) is 12.8. The van der Waals surface area contributed by atoms with Crippen LogP contribution in [-0.2, 0) is 0 Å². The summed E-state index contributed by atoms with van der Waals surface area (Å²) in [5.74, 6) is 1.16. The van der Waals surface area contributed by atoms with Crippen LogP contribution in [0, 0.1) is 0 Å². The summed E-state index contributed by atoms with van der Waals surface area (Å²) in [6.45, 7) is 0.237. The van der Waals surface area contributed by atoms with Gasteiger partial charge in [-0.2, -0.15) is 5.10 Å². The number of amides is 1. The molecule has 1 aromatic carbocycles. The number of hydrogen-bond donors (Lipinski definition) is 2. The maximum atomic E-state index is 11.9. The normalized spacial score (nSPS) is 12.4. The van der Waals surface area contributed by atoms with Gasteiger partial charge < -0.3 is 9.47 Å². The lowest BCUT2D eigenvalue weighted by Gasteiger charge is -2.00. The molecule has 1 aliphatic heterocycles. The Morgan fingerprint density at radius 1 is 1.27 bits per heavy atom. The van der Waals surface area contributed by atoms with Gasteiger partial charge in [-0.15, -0.1) is 11.3 Å². The van der Waals surface area contributed by atoms with Crippen molar-refractivity contribution in [2.75, 3.05) is 12.1 Å². The lowest BCUT2D eigenvalue weighted by molar-refractivity contribution is 0.102. The number of benzene rings is 1. The highest BCUT2D eigenvalue weighted by atomic mass is 32.1. The number of aromatic amines is 1.